The monoisotopic (exact) mass is 426 g/mol. The van der Waals surface area contributed by atoms with Crippen LogP contribution in [0, 0.1) is 24.5 Å². The van der Waals surface area contributed by atoms with Gasteiger partial charge in [0, 0.05) is 19.1 Å². The van der Waals surface area contributed by atoms with E-state index in [-0.39, 0.29) is 30.6 Å². The van der Waals surface area contributed by atoms with Gasteiger partial charge in [-0.3, -0.25) is 4.79 Å². The first-order chi connectivity index (χ1) is 13.6. The number of rotatable bonds is 4. The fourth-order valence-electron chi connectivity index (χ4n) is 4.45. The number of hydrogen-bond acceptors (Lipinski definition) is 6. The van der Waals surface area contributed by atoms with Crippen molar-refractivity contribution >= 4 is 15.9 Å². The second kappa shape index (κ2) is 6.84. The maximum Gasteiger partial charge on any atom is 0.254 e. The van der Waals surface area contributed by atoms with Crippen molar-refractivity contribution in [2.45, 2.75) is 31.2 Å². The minimum atomic E-state index is -3.41. The lowest BCUT2D eigenvalue weighted by atomic mass is 9.80. The lowest BCUT2D eigenvalue weighted by Crippen LogP contribution is -2.39. The first-order valence-corrected chi connectivity index (χ1v) is 11.0. The van der Waals surface area contributed by atoms with E-state index in [1.54, 1.807) is 6.92 Å². The largest absolute Gasteiger partial charge is 0.349 e. The highest BCUT2D eigenvalue weighted by Gasteiger charge is 2.59. The van der Waals surface area contributed by atoms with Gasteiger partial charge in [-0.1, -0.05) is 5.16 Å². The molecule has 1 saturated heterocycles. The van der Waals surface area contributed by atoms with Crippen LogP contribution in [0.2, 0.25) is 0 Å². The van der Waals surface area contributed by atoms with E-state index in [1.165, 1.54) is 4.31 Å². The third kappa shape index (κ3) is 3.52. The van der Waals surface area contributed by atoms with Gasteiger partial charge in [0.05, 0.1) is 17.2 Å². The molecule has 2 heterocycles. The summed E-state index contributed by atoms with van der Waals surface area (Å²) < 4.78 is 58.2. The Balaban J connectivity index is 1.59. The average molecular weight is 426 g/mol. The van der Waals surface area contributed by atoms with E-state index < -0.39 is 33.0 Å². The fraction of sp³-hybridized carbons (Fsp3) is 0.500. The quantitative estimate of drug-likeness (QED) is 0.792. The van der Waals surface area contributed by atoms with Crippen LogP contribution in [0.3, 0.4) is 0 Å². The summed E-state index contributed by atoms with van der Waals surface area (Å²) in [5.41, 5.74) is -1.11. The highest BCUT2D eigenvalue weighted by Crippen LogP contribution is 2.50. The Morgan fingerprint density at radius 2 is 2.14 bits per heavy atom. The summed E-state index contributed by atoms with van der Waals surface area (Å²) in [5.74, 6) is -1.63. The number of sulfonamides is 1. The lowest BCUT2D eigenvalue weighted by Gasteiger charge is -2.24. The average Bonchev–Trinajstić information content (AvgIpc) is 3.29. The van der Waals surface area contributed by atoms with E-state index in [4.69, 9.17) is 4.52 Å². The molecule has 1 aromatic carbocycles. The summed E-state index contributed by atoms with van der Waals surface area (Å²) in [6.45, 7) is 2.10. The molecule has 2 aliphatic rings. The van der Waals surface area contributed by atoms with E-state index in [2.05, 4.69) is 15.5 Å². The molecule has 1 aromatic heterocycles. The van der Waals surface area contributed by atoms with E-state index in [0.717, 1.165) is 24.5 Å². The molecule has 0 radical (unpaired) electrons. The number of hydrogen-bond donors (Lipinski definition) is 1. The number of amides is 1. The second-order valence-corrected chi connectivity index (χ2v) is 9.77. The van der Waals surface area contributed by atoms with Crippen LogP contribution in [0.15, 0.2) is 22.7 Å². The SMILES string of the molecule is Cc1noc([C@]23C[C@H](NC(=O)c4cc(F)ccc4F)C[C@H]2CN(S(C)(=O)=O)C3)n1. The van der Waals surface area contributed by atoms with Crippen LogP contribution in [-0.2, 0) is 15.4 Å². The number of fused-ring (bicyclic) bond motifs is 1. The maximum atomic E-state index is 13.9. The van der Waals surface area contributed by atoms with Crippen LogP contribution in [0.1, 0.15) is 34.9 Å². The molecule has 4 rings (SSSR count). The first kappa shape index (κ1) is 19.9. The summed E-state index contributed by atoms with van der Waals surface area (Å²) in [4.78, 5) is 16.8. The predicted molar refractivity (Wildman–Crippen MR) is 97.5 cm³/mol. The molecule has 11 heteroatoms. The van der Waals surface area contributed by atoms with Crippen LogP contribution in [0.4, 0.5) is 8.78 Å². The zero-order valence-electron chi connectivity index (χ0n) is 15.9. The fourth-order valence-corrected chi connectivity index (χ4v) is 5.37. The van der Waals surface area contributed by atoms with Gasteiger partial charge in [-0.2, -0.15) is 4.98 Å². The number of benzene rings is 1. The first-order valence-electron chi connectivity index (χ1n) is 9.10. The van der Waals surface area contributed by atoms with Crippen molar-refractivity contribution in [1.82, 2.24) is 19.8 Å². The Morgan fingerprint density at radius 1 is 1.38 bits per heavy atom. The number of halogens is 2. The molecule has 0 unspecified atom stereocenters. The smallest absolute Gasteiger partial charge is 0.254 e. The van der Waals surface area contributed by atoms with E-state index in [1.807, 2.05) is 0 Å². The third-order valence-electron chi connectivity index (χ3n) is 5.77. The Kier molecular flexibility index (Phi) is 4.69. The molecular weight excluding hydrogens is 406 g/mol. The van der Waals surface area contributed by atoms with E-state index >= 15 is 0 Å². The van der Waals surface area contributed by atoms with Crippen LogP contribution >= 0.6 is 0 Å². The van der Waals surface area contributed by atoms with Crippen LogP contribution in [-0.4, -0.2) is 54.2 Å². The molecule has 2 aromatic rings. The van der Waals surface area contributed by atoms with Gasteiger partial charge in [0.25, 0.3) is 5.91 Å². The van der Waals surface area contributed by atoms with Gasteiger partial charge in [-0.05, 0) is 43.9 Å². The molecule has 1 amide bonds. The highest BCUT2D eigenvalue weighted by molar-refractivity contribution is 7.88. The van der Waals surface area contributed by atoms with Crippen molar-refractivity contribution < 1.29 is 26.5 Å². The standard InChI is InChI=1S/C18H20F2N4O4S/c1-10-21-17(28-23-10)18-7-13(5-11(18)8-24(9-18)29(2,26)27)22-16(25)14-6-12(19)3-4-15(14)20/h3-4,6,11,13H,5,7-9H2,1-2H3,(H,22,25)/t11-,13+,18-/m0/s1. The van der Waals surface area contributed by atoms with Crippen molar-refractivity contribution in [3.63, 3.8) is 0 Å². The number of nitrogens with one attached hydrogen (secondary N) is 1. The Bertz CT molecular complexity index is 1070. The van der Waals surface area contributed by atoms with Crippen molar-refractivity contribution in [2.24, 2.45) is 5.92 Å². The number of carbonyl (C=O) groups excluding carboxylic acids is 1. The van der Waals surface area contributed by atoms with Gasteiger partial charge in [0.15, 0.2) is 5.82 Å². The summed E-state index contributed by atoms with van der Waals surface area (Å²) in [6.07, 6.45) is 1.96. The van der Waals surface area contributed by atoms with Crippen LogP contribution in [0.5, 0.6) is 0 Å². The van der Waals surface area contributed by atoms with Crippen molar-refractivity contribution in [3.05, 3.63) is 47.1 Å². The molecule has 29 heavy (non-hydrogen) atoms. The van der Waals surface area contributed by atoms with Crippen molar-refractivity contribution in [2.75, 3.05) is 19.3 Å². The molecule has 156 valence electrons. The molecule has 1 N–H and O–H groups in total. The lowest BCUT2D eigenvalue weighted by molar-refractivity contribution is 0.0930. The number of carbonyl (C=O) groups is 1. The van der Waals surface area contributed by atoms with Gasteiger partial charge in [0.2, 0.25) is 15.9 Å². The Hall–Kier alpha value is -2.40. The van der Waals surface area contributed by atoms with Gasteiger partial charge in [-0.25, -0.2) is 21.5 Å². The van der Waals surface area contributed by atoms with Gasteiger partial charge >= 0.3 is 0 Å². The van der Waals surface area contributed by atoms with E-state index in [9.17, 15) is 22.0 Å². The minimum absolute atomic E-state index is 0.153. The third-order valence-corrected chi connectivity index (χ3v) is 6.99. The molecule has 1 aliphatic carbocycles. The summed E-state index contributed by atoms with van der Waals surface area (Å²) in [6, 6.07) is 2.33. The molecular formula is C18H20F2N4O4S. The molecule has 1 aliphatic heterocycles. The second-order valence-electron chi connectivity index (χ2n) is 7.79. The number of nitrogens with zero attached hydrogens (tertiary/aromatic N) is 3. The highest BCUT2D eigenvalue weighted by atomic mass is 32.2. The number of aryl methyl sites for hydroxylation is 1. The summed E-state index contributed by atoms with van der Waals surface area (Å²) in [5, 5.41) is 6.57. The van der Waals surface area contributed by atoms with Crippen LogP contribution < -0.4 is 5.32 Å². The molecule has 0 bridgehead atoms. The van der Waals surface area contributed by atoms with Gasteiger partial charge < -0.3 is 9.84 Å². The molecule has 8 nitrogen and oxygen atoms in total. The Labute approximate surface area is 166 Å². The maximum absolute atomic E-state index is 13.9. The van der Waals surface area contributed by atoms with E-state index in [0.29, 0.717) is 24.6 Å². The minimum Gasteiger partial charge on any atom is -0.349 e. The number of aromatic nitrogens is 2. The van der Waals surface area contributed by atoms with Gasteiger partial charge in [0.1, 0.15) is 11.6 Å². The summed E-state index contributed by atoms with van der Waals surface area (Å²) in [7, 11) is -3.41. The molecule has 2 fully saturated rings. The topological polar surface area (TPSA) is 105 Å². The molecule has 1 saturated carbocycles. The molecule has 3 atom stereocenters. The molecule has 0 spiro atoms. The normalized spacial score (nSPS) is 27.2. The van der Waals surface area contributed by atoms with Crippen LogP contribution in [0.25, 0.3) is 0 Å². The van der Waals surface area contributed by atoms with Gasteiger partial charge in [-0.15, -0.1) is 0 Å². The predicted octanol–water partition coefficient (Wildman–Crippen LogP) is 1.38. The van der Waals surface area contributed by atoms with Crippen molar-refractivity contribution in [1.29, 1.82) is 0 Å². The Morgan fingerprint density at radius 3 is 2.79 bits per heavy atom. The zero-order valence-corrected chi connectivity index (χ0v) is 16.7. The zero-order chi connectivity index (χ0) is 21.0. The van der Waals surface area contributed by atoms with Crippen molar-refractivity contribution in [3.8, 4) is 0 Å². The summed E-state index contributed by atoms with van der Waals surface area (Å²) >= 11 is 0.